The number of nitrogen functional groups attached to an aromatic ring is 1. The van der Waals surface area contributed by atoms with Crippen LogP contribution in [-0.2, 0) is 11.3 Å². The van der Waals surface area contributed by atoms with Gasteiger partial charge in [-0.05, 0) is 5.56 Å². The van der Waals surface area contributed by atoms with Gasteiger partial charge in [0.05, 0.1) is 24.5 Å². The summed E-state index contributed by atoms with van der Waals surface area (Å²) in [6.07, 6.45) is 0.639. The minimum absolute atomic E-state index is 0.00373. The second-order valence-electron chi connectivity index (χ2n) is 5.57. The topological polar surface area (TPSA) is 91.0 Å². The third kappa shape index (κ3) is 3.78. The summed E-state index contributed by atoms with van der Waals surface area (Å²) in [5, 5.41) is 9.25. The van der Waals surface area contributed by atoms with Gasteiger partial charge in [0.15, 0.2) is 11.5 Å². The fraction of sp³-hybridized carbons (Fsp3) is 0.278. The van der Waals surface area contributed by atoms with Crippen LogP contribution < -0.4 is 15.2 Å². The minimum Gasteiger partial charge on any atom is -0.485 e. The zero-order chi connectivity index (χ0) is 16.9. The molecule has 3 N–H and O–H groups in total. The van der Waals surface area contributed by atoms with Crippen LogP contribution in [-0.4, -0.2) is 30.4 Å². The number of benzene rings is 2. The van der Waals surface area contributed by atoms with E-state index < -0.39 is 5.97 Å². The number of carbonyl (C=O) groups is 1. The lowest BCUT2D eigenvalue weighted by Crippen LogP contribution is -2.17. The van der Waals surface area contributed by atoms with Gasteiger partial charge in [-0.3, -0.25) is 0 Å². The van der Waals surface area contributed by atoms with Crippen molar-refractivity contribution in [2.45, 2.75) is 19.1 Å². The summed E-state index contributed by atoms with van der Waals surface area (Å²) in [5.74, 6) is -0.309. The fourth-order valence-corrected chi connectivity index (χ4v) is 2.49. The van der Waals surface area contributed by atoms with E-state index >= 15 is 0 Å². The fourth-order valence-electron chi connectivity index (χ4n) is 2.49. The van der Waals surface area contributed by atoms with Crippen LogP contribution in [0, 0.1) is 0 Å². The standard InChI is InChI=1S/C18H19NO5/c19-15-9-16(23-10-12-4-2-1-3-5-12)17(8-14(15)18(20)21)24-13-6-7-22-11-13/h1-5,8-9,13H,6-7,10-11,19H2,(H,20,21)/t13-/m0/s1. The molecule has 2 aromatic rings. The summed E-state index contributed by atoms with van der Waals surface area (Å²) in [6.45, 7) is 1.45. The summed E-state index contributed by atoms with van der Waals surface area (Å²) in [7, 11) is 0. The monoisotopic (exact) mass is 329 g/mol. The molecule has 0 spiro atoms. The number of carboxylic acids is 1. The highest BCUT2D eigenvalue weighted by atomic mass is 16.6. The van der Waals surface area contributed by atoms with E-state index in [1.54, 1.807) is 0 Å². The first-order valence-electron chi connectivity index (χ1n) is 7.71. The Hall–Kier alpha value is -2.73. The van der Waals surface area contributed by atoms with E-state index in [0.717, 1.165) is 12.0 Å². The van der Waals surface area contributed by atoms with Gasteiger partial charge >= 0.3 is 5.97 Å². The number of hydrogen-bond donors (Lipinski definition) is 2. The molecule has 0 bridgehead atoms. The summed E-state index contributed by atoms with van der Waals surface area (Å²) >= 11 is 0. The van der Waals surface area contributed by atoms with E-state index in [1.807, 2.05) is 30.3 Å². The van der Waals surface area contributed by atoms with Gasteiger partial charge < -0.3 is 25.1 Å². The van der Waals surface area contributed by atoms with Crippen molar-refractivity contribution in [3.8, 4) is 11.5 Å². The van der Waals surface area contributed by atoms with E-state index in [2.05, 4.69) is 0 Å². The molecule has 3 rings (SSSR count). The van der Waals surface area contributed by atoms with Crippen molar-refractivity contribution < 1.29 is 24.1 Å². The third-order valence-corrected chi connectivity index (χ3v) is 3.76. The first-order chi connectivity index (χ1) is 11.6. The van der Waals surface area contributed by atoms with E-state index in [4.69, 9.17) is 19.9 Å². The second-order valence-corrected chi connectivity index (χ2v) is 5.57. The molecule has 6 nitrogen and oxygen atoms in total. The van der Waals surface area contributed by atoms with Crippen molar-refractivity contribution in [2.24, 2.45) is 0 Å². The average Bonchev–Trinajstić information content (AvgIpc) is 3.08. The molecule has 1 atom stereocenters. The molecule has 126 valence electrons. The molecule has 24 heavy (non-hydrogen) atoms. The highest BCUT2D eigenvalue weighted by Gasteiger charge is 2.22. The Balaban J connectivity index is 1.84. The molecule has 1 aliphatic rings. The van der Waals surface area contributed by atoms with Gasteiger partial charge in [0.25, 0.3) is 0 Å². The predicted molar refractivity (Wildman–Crippen MR) is 88.4 cm³/mol. The highest BCUT2D eigenvalue weighted by Crippen LogP contribution is 2.34. The van der Waals surface area contributed by atoms with E-state index in [-0.39, 0.29) is 17.4 Å². The summed E-state index contributed by atoms with van der Waals surface area (Å²) in [5.41, 5.74) is 6.96. The van der Waals surface area contributed by atoms with E-state index in [1.165, 1.54) is 12.1 Å². The molecule has 1 heterocycles. The molecule has 2 aromatic carbocycles. The number of ether oxygens (including phenoxy) is 3. The molecule has 0 radical (unpaired) electrons. The van der Waals surface area contributed by atoms with E-state index in [9.17, 15) is 9.90 Å². The smallest absolute Gasteiger partial charge is 0.337 e. The lowest BCUT2D eigenvalue weighted by atomic mass is 10.1. The lowest BCUT2D eigenvalue weighted by molar-refractivity contribution is 0.0697. The van der Waals surface area contributed by atoms with Crippen LogP contribution >= 0.6 is 0 Å². The maximum absolute atomic E-state index is 11.3. The first-order valence-corrected chi connectivity index (χ1v) is 7.71. The van der Waals surface area contributed by atoms with Crippen LogP contribution in [0.3, 0.4) is 0 Å². The van der Waals surface area contributed by atoms with E-state index in [0.29, 0.717) is 31.3 Å². The van der Waals surface area contributed by atoms with Gasteiger partial charge in [-0.1, -0.05) is 30.3 Å². The van der Waals surface area contributed by atoms with Gasteiger partial charge in [-0.2, -0.15) is 0 Å². The van der Waals surface area contributed by atoms with Crippen LogP contribution in [0.4, 0.5) is 5.69 Å². The van der Waals surface area contributed by atoms with Gasteiger partial charge in [0.1, 0.15) is 12.7 Å². The molecule has 0 saturated carbocycles. The zero-order valence-corrected chi connectivity index (χ0v) is 13.1. The molecule has 0 aromatic heterocycles. The zero-order valence-electron chi connectivity index (χ0n) is 13.1. The number of nitrogens with two attached hydrogens (primary N) is 1. The first kappa shape index (κ1) is 16.1. The largest absolute Gasteiger partial charge is 0.485 e. The quantitative estimate of drug-likeness (QED) is 0.792. The number of anilines is 1. The Morgan fingerprint density at radius 1 is 1.25 bits per heavy atom. The molecule has 0 amide bonds. The Kier molecular flexibility index (Phi) is 4.86. The van der Waals surface area contributed by atoms with Gasteiger partial charge in [-0.25, -0.2) is 4.79 Å². The van der Waals surface area contributed by atoms with Crippen molar-refractivity contribution in [2.75, 3.05) is 18.9 Å². The Bertz CT molecular complexity index is 711. The molecular weight excluding hydrogens is 310 g/mol. The summed E-state index contributed by atoms with van der Waals surface area (Å²) < 4.78 is 17.0. The molecular formula is C18H19NO5. The number of hydrogen-bond acceptors (Lipinski definition) is 5. The number of aromatic carboxylic acids is 1. The minimum atomic E-state index is -1.10. The van der Waals surface area contributed by atoms with Gasteiger partial charge in [0.2, 0.25) is 0 Å². The SMILES string of the molecule is Nc1cc(OCc2ccccc2)c(O[C@H]2CCOC2)cc1C(=O)O. The van der Waals surface area contributed by atoms with Crippen molar-refractivity contribution >= 4 is 11.7 Å². The highest BCUT2D eigenvalue weighted by molar-refractivity contribution is 5.94. The Labute approximate surface area is 139 Å². The number of rotatable bonds is 6. The summed E-state index contributed by atoms with van der Waals surface area (Å²) in [6, 6.07) is 12.6. The lowest BCUT2D eigenvalue weighted by Gasteiger charge is -2.18. The molecule has 0 aliphatic carbocycles. The van der Waals surface area contributed by atoms with Crippen LogP contribution in [0.2, 0.25) is 0 Å². The van der Waals surface area contributed by atoms with Crippen molar-refractivity contribution in [1.29, 1.82) is 0 Å². The molecule has 6 heteroatoms. The van der Waals surface area contributed by atoms with Crippen LogP contribution in [0.5, 0.6) is 11.5 Å². The molecule has 1 fully saturated rings. The summed E-state index contributed by atoms with van der Waals surface area (Å²) in [4.78, 5) is 11.3. The van der Waals surface area contributed by atoms with Crippen molar-refractivity contribution in [1.82, 2.24) is 0 Å². The Morgan fingerprint density at radius 3 is 2.71 bits per heavy atom. The predicted octanol–water partition coefficient (Wildman–Crippen LogP) is 2.71. The van der Waals surface area contributed by atoms with Crippen LogP contribution in [0.15, 0.2) is 42.5 Å². The normalized spacial score (nSPS) is 16.8. The van der Waals surface area contributed by atoms with Crippen molar-refractivity contribution in [3.63, 3.8) is 0 Å². The maximum Gasteiger partial charge on any atom is 0.337 e. The molecule has 1 saturated heterocycles. The maximum atomic E-state index is 11.3. The Morgan fingerprint density at radius 2 is 2.04 bits per heavy atom. The van der Waals surface area contributed by atoms with Crippen LogP contribution in [0.1, 0.15) is 22.3 Å². The van der Waals surface area contributed by atoms with Gasteiger partial charge in [-0.15, -0.1) is 0 Å². The third-order valence-electron chi connectivity index (χ3n) is 3.76. The number of carboxylic acid groups (broad SMARTS) is 1. The molecule has 1 aliphatic heterocycles. The second kappa shape index (κ2) is 7.23. The average molecular weight is 329 g/mol. The molecule has 0 unspecified atom stereocenters. The van der Waals surface area contributed by atoms with Crippen LogP contribution in [0.25, 0.3) is 0 Å². The van der Waals surface area contributed by atoms with Gasteiger partial charge in [0, 0.05) is 18.6 Å². The van der Waals surface area contributed by atoms with Crippen molar-refractivity contribution in [3.05, 3.63) is 53.6 Å².